The zero-order valence-corrected chi connectivity index (χ0v) is 10.2. The number of hydrogen-bond donors (Lipinski definition) is 2. The molecule has 1 heterocycles. The number of thiol groups is 1. The van der Waals surface area contributed by atoms with Gasteiger partial charge in [0.1, 0.15) is 0 Å². The van der Waals surface area contributed by atoms with Crippen LogP contribution in [0.25, 0.3) is 0 Å². The quantitative estimate of drug-likeness (QED) is 0.729. The first-order valence-electron chi connectivity index (χ1n) is 5.52. The Hall–Kier alpha value is -1.49. The van der Waals surface area contributed by atoms with E-state index < -0.39 is 0 Å². The van der Waals surface area contributed by atoms with Crippen LogP contribution in [0.15, 0.2) is 29.2 Å². The first kappa shape index (κ1) is 12.0. The zero-order chi connectivity index (χ0) is 12.3. The van der Waals surface area contributed by atoms with Gasteiger partial charge >= 0.3 is 0 Å². The summed E-state index contributed by atoms with van der Waals surface area (Å²) in [6.45, 7) is 1.57. The molecule has 0 aliphatic carbocycles. The summed E-state index contributed by atoms with van der Waals surface area (Å²) in [5.74, 6) is -0.0270. The van der Waals surface area contributed by atoms with Crippen molar-refractivity contribution in [1.29, 1.82) is 0 Å². The van der Waals surface area contributed by atoms with E-state index in [-0.39, 0.29) is 11.8 Å². The standard InChI is InChI=1S/C12H14N2O2S/c15-11-5-7-14(8-6-13-11)12(16)9-1-3-10(17)4-2-9/h1-4,17H,5-8H2,(H,13,15). The Kier molecular flexibility index (Phi) is 3.68. The molecule has 1 aromatic carbocycles. The van der Waals surface area contributed by atoms with Crippen molar-refractivity contribution in [2.45, 2.75) is 11.3 Å². The number of nitrogens with one attached hydrogen (secondary N) is 1. The zero-order valence-electron chi connectivity index (χ0n) is 9.35. The molecule has 0 saturated carbocycles. The molecule has 0 spiro atoms. The molecular formula is C12H14N2O2S. The SMILES string of the molecule is O=C1CCN(C(=O)c2ccc(S)cc2)CCN1. The Morgan fingerprint density at radius 3 is 2.65 bits per heavy atom. The highest BCUT2D eigenvalue weighted by Gasteiger charge is 2.19. The molecule has 4 nitrogen and oxygen atoms in total. The van der Waals surface area contributed by atoms with Gasteiger partial charge in [0.2, 0.25) is 5.91 Å². The molecule has 0 atom stereocenters. The minimum Gasteiger partial charge on any atom is -0.354 e. The highest BCUT2D eigenvalue weighted by molar-refractivity contribution is 7.80. The molecule has 90 valence electrons. The summed E-state index contributed by atoms with van der Waals surface area (Å²) in [5, 5.41) is 2.74. The predicted molar refractivity (Wildman–Crippen MR) is 67.2 cm³/mol. The highest BCUT2D eigenvalue weighted by Crippen LogP contribution is 2.11. The first-order valence-corrected chi connectivity index (χ1v) is 5.96. The van der Waals surface area contributed by atoms with Crippen LogP contribution in [0.2, 0.25) is 0 Å². The van der Waals surface area contributed by atoms with Crippen molar-refractivity contribution in [3.05, 3.63) is 29.8 Å². The number of hydrogen-bond acceptors (Lipinski definition) is 3. The van der Waals surface area contributed by atoms with Gasteiger partial charge in [0.05, 0.1) is 0 Å². The lowest BCUT2D eigenvalue weighted by Crippen LogP contribution is -2.34. The summed E-state index contributed by atoms with van der Waals surface area (Å²) in [6, 6.07) is 7.09. The number of nitrogens with zero attached hydrogens (tertiary/aromatic N) is 1. The highest BCUT2D eigenvalue weighted by atomic mass is 32.1. The molecule has 1 fully saturated rings. The van der Waals surface area contributed by atoms with Gasteiger partial charge in [0.15, 0.2) is 0 Å². The number of rotatable bonds is 1. The monoisotopic (exact) mass is 250 g/mol. The molecule has 5 heteroatoms. The molecule has 0 unspecified atom stereocenters. The lowest BCUT2D eigenvalue weighted by atomic mass is 10.2. The molecule has 17 heavy (non-hydrogen) atoms. The molecule has 1 aliphatic rings. The maximum Gasteiger partial charge on any atom is 0.253 e. The van der Waals surface area contributed by atoms with Crippen molar-refractivity contribution in [2.75, 3.05) is 19.6 Å². The van der Waals surface area contributed by atoms with Gasteiger partial charge in [-0.2, -0.15) is 0 Å². The Labute approximate surface area is 105 Å². The summed E-state index contributed by atoms with van der Waals surface area (Å²) in [4.78, 5) is 25.8. The molecule has 1 N–H and O–H groups in total. The van der Waals surface area contributed by atoms with Crippen molar-refractivity contribution in [2.24, 2.45) is 0 Å². The Morgan fingerprint density at radius 1 is 1.24 bits per heavy atom. The Balaban J connectivity index is 2.08. The van der Waals surface area contributed by atoms with Crippen LogP contribution in [0.3, 0.4) is 0 Å². The van der Waals surface area contributed by atoms with E-state index in [0.29, 0.717) is 31.6 Å². The van der Waals surface area contributed by atoms with E-state index in [4.69, 9.17) is 0 Å². The summed E-state index contributed by atoms with van der Waals surface area (Å²) in [5.41, 5.74) is 0.636. The number of amides is 2. The summed E-state index contributed by atoms with van der Waals surface area (Å²) in [6.07, 6.45) is 0.371. The molecular weight excluding hydrogens is 236 g/mol. The van der Waals surface area contributed by atoms with Crippen LogP contribution in [-0.2, 0) is 4.79 Å². The van der Waals surface area contributed by atoms with Crippen LogP contribution < -0.4 is 5.32 Å². The second-order valence-corrected chi connectivity index (χ2v) is 4.46. The molecule has 2 amide bonds. The third-order valence-corrected chi connectivity index (χ3v) is 3.01. The van der Waals surface area contributed by atoms with Crippen LogP contribution in [-0.4, -0.2) is 36.3 Å². The smallest absolute Gasteiger partial charge is 0.253 e. The van der Waals surface area contributed by atoms with Crippen LogP contribution in [0.1, 0.15) is 16.8 Å². The Bertz CT molecular complexity index is 431. The largest absolute Gasteiger partial charge is 0.354 e. The minimum atomic E-state index is -0.0326. The molecule has 1 aromatic rings. The van der Waals surface area contributed by atoms with Gasteiger partial charge in [-0.25, -0.2) is 0 Å². The molecule has 0 radical (unpaired) electrons. The third kappa shape index (κ3) is 3.00. The lowest BCUT2D eigenvalue weighted by Gasteiger charge is -2.19. The molecule has 0 bridgehead atoms. The van der Waals surface area contributed by atoms with Gasteiger partial charge in [0.25, 0.3) is 5.91 Å². The fraction of sp³-hybridized carbons (Fsp3) is 0.333. The predicted octanol–water partition coefficient (Wildman–Crippen LogP) is 0.937. The van der Waals surface area contributed by atoms with Gasteiger partial charge in [0, 0.05) is 36.5 Å². The summed E-state index contributed by atoms with van der Waals surface area (Å²) in [7, 11) is 0. The van der Waals surface area contributed by atoms with Crippen LogP contribution in [0.5, 0.6) is 0 Å². The van der Waals surface area contributed by atoms with Crippen LogP contribution in [0.4, 0.5) is 0 Å². The van der Waals surface area contributed by atoms with Gasteiger partial charge in [-0.05, 0) is 24.3 Å². The van der Waals surface area contributed by atoms with Gasteiger partial charge < -0.3 is 10.2 Å². The third-order valence-electron chi connectivity index (χ3n) is 2.71. The molecule has 1 aliphatic heterocycles. The second kappa shape index (κ2) is 5.23. The van der Waals surface area contributed by atoms with Crippen molar-refractivity contribution in [3.8, 4) is 0 Å². The van der Waals surface area contributed by atoms with E-state index in [2.05, 4.69) is 17.9 Å². The van der Waals surface area contributed by atoms with E-state index in [1.165, 1.54) is 0 Å². The van der Waals surface area contributed by atoms with Crippen molar-refractivity contribution >= 4 is 24.4 Å². The van der Waals surface area contributed by atoms with Crippen molar-refractivity contribution in [1.82, 2.24) is 10.2 Å². The van der Waals surface area contributed by atoms with Gasteiger partial charge in [-0.3, -0.25) is 9.59 Å². The minimum absolute atomic E-state index is 0.00556. The maximum absolute atomic E-state index is 12.1. The number of benzene rings is 1. The second-order valence-electron chi connectivity index (χ2n) is 3.94. The topological polar surface area (TPSA) is 49.4 Å². The van der Waals surface area contributed by atoms with E-state index in [1.807, 2.05) is 0 Å². The molecule has 0 aromatic heterocycles. The summed E-state index contributed by atoms with van der Waals surface area (Å²) < 4.78 is 0. The Morgan fingerprint density at radius 2 is 1.94 bits per heavy atom. The lowest BCUT2D eigenvalue weighted by molar-refractivity contribution is -0.120. The number of carbonyl (C=O) groups is 2. The molecule has 2 rings (SSSR count). The van der Waals surface area contributed by atoms with Crippen molar-refractivity contribution in [3.63, 3.8) is 0 Å². The fourth-order valence-electron chi connectivity index (χ4n) is 1.76. The van der Waals surface area contributed by atoms with Crippen molar-refractivity contribution < 1.29 is 9.59 Å². The van der Waals surface area contributed by atoms with Crippen LogP contribution in [0, 0.1) is 0 Å². The first-order chi connectivity index (χ1) is 8.16. The number of carbonyl (C=O) groups excluding carboxylic acids is 2. The fourth-order valence-corrected chi connectivity index (χ4v) is 1.91. The maximum atomic E-state index is 12.1. The van der Waals surface area contributed by atoms with E-state index in [9.17, 15) is 9.59 Å². The van der Waals surface area contributed by atoms with E-state index in [1.54, 1.807) is 29.2 Å². The van der Waals surface area contributed by atoms with Gasteiger partial charge in [-0.1, -0.05) is 0 Å². The molecule has 1 saturated heterocycles. The van der Waals surface area contributed by atoms with Crippen LogP contribution >= 0.6 is 12.6 Å². The van der Waals surface area contributed by atoms with E-state index in [0.717, 1.165) is 4.90 Å². The normalized spacial score (nSPS) is 16.3. The summed E-state index contributed by atoms with van der Waals surface area (Å²) >= 11 is 4.18. The average molecular weight is 250 g/mol. The average Bonchev–Trinajstić information content (AvgIpc) is 2.54. The van der Waals surface area contributed by atoms with E-state index >= 15 is 0 Å². The van der Waals surface area contributed by atoms with Gasteiger partial charge in [-0.15, -0.1) is 12.6 Å².